The Labute approximate surface area is 120 Å². The molecular weight excluding hydrogens is 256 g/mol. The molecular formula is C14H26N4O2. The van der Waals surface area contributed by atoms with Crippen molar-refractivity contribution in [2.24, 2.45) is 0 Å². The third-order valence-corrected chi connectivity index (χ3v) is 3.82. The van der Waals surface area contributed by atoms with Gasteiger partial charge in [-0.15, -0.1) is 5.10 Å². The van der Waals surface area contributed by atoms with Gasteiger partial charge >= 0.3 is 6.01 Å². The van der Waals surface area contributed by atoms with Crippen LogP contribution in [-0.2, 0) is 11.3 Å². The molecule has 0 unspecified atom stereocenters. The van der Waals surface area contributed by atoms with Crippen LogP contribution in [0.4, 0.5) is 6.01 Å². The van der Waals surface area contributed by atoms with Crippen molar-refractivity contribution >= 4 is 6.01 Å². The summed E-state index contributed by atoms with van der Waals surface area (Å²) >= 11 is 0. The van der Waals surface area contributed by atoms with Gasteiger partial charge in [-0.1, -0.05) is 24.4 Å². The first-order chi connectivity index (χ1) is 9.85. The number of hydrogen-bond donors (Lipinski definition) is 1. The maximum Gasteiger partial charge on any atom is 0.318 e. The fourth-order valence-corrected chi connectivity index (χ4v) is 2.74. The van der Waals surface area contributed by atoms with Gasteiger partial charge < -0.3 is 19.4 Å². The molecule has 1 saturated carbocycles. The van der Waals surface area contributed by atoms with Crippen molar-refractivity contribution in [1.29, 1.82) is 0 Å². The highest BCUT2D eigenvalue weighted by Crippen LogP contribution is 2.26. The van der Waals surface area contributed by atoms with Crippen LogP contribution in [0.3, 0.4) is 0 Å². The van der Waals surface area contributed by atoms with E-state index in [1.807, 2.05) is 0 Å². The Morgan fingerprint density at radius 3 is 2.80 bits per heavy atom. The molecule has 0 spiro atoms. The van der Waals surface area contributed by atoms with Crippen LogP contribution in [0.15, 0.2) is 4.42 Å². The van der Waals surface area contributed by atoms with Crippen LogP contribution in [0.2, 0.25) is 0 Å². The SMILES string of the molecule is CCN(c1nnc(CNCCOC)o1)C1CCCCC1. The summed E-state index contributed by atoms with van der Waals surface area (Å²) in [5.74, 6) is 0.644. The van der Waals surface area contributed by atoms with E-state index < -0.39 is 0 Å². The highest BCUT2D eigenvalue weighted by molar-refractivity contribution is 5.26. The number of hydrogen-bond acceptors (Lipinski definition) is 6. The van der Waals surface area contributed by atoms with Gasteiger partial charge in [-0.25, -0.2) is 0 Å². The second-order valence-corrected chi connectivity index (χ2v) is 5.23. The molecule has 1 aromatic heterocycles. The van der Waals surface area contributed by atoms with Crippen LogP contribution in [0.25, 0.3) is 0 Å². The van der Waals surface area contributed by atoms with Crippen molar-refractivity contribution in [1.82, 2.24) is 15.5 Å². The molecule has 1 fully saturated rings. The Bertz CT molecular complexity index is 377. The topological polar surface area (TPSA) is 63.4 Å². The Morgan fingerprint density at radius 1 is 1.30 bits per heavy atom. The molecule has 0 radical (unpaired) electrons. The average Bonchev–Trinajstić information content (AvgIpc) is 2.94. The third-order valence-electron chi connectivity index (χ3n) is 3.82. The summed E-state index contributed by atoms with van der Waals surface area (Å²) in [5, 5.41) is 11.5. The third kappa shape index (κ3) is 4.18. The second-order valence-electron chi connectivity index (χ2n) is 5.23. The van der Waals surface area contributed by atoms with Gasteiger partial charge in [0.2, 0.25) is 5.89 Å². The van der Waals surface area contributed by atoms with E-state index in [-0.39, 0.29) is 0 Å². The Balaban J connectivity index is 1.88. The van der Waals surface area contributed by atoms with Crippen LogP contribution < -0.4 is 10.2 Å². The molecule has 1 heterocycles. The fraction of sp³-hybridized carbons (Fsp3) is 0.857. The number of nitrogens with one attached hydrogen (secondary N) is 1. The Morgan fingerprint density at radius 2 is 2.10 bits per heavy atom. The molecule has 114 valence electrons. The quantitative estimate of drug-likeness (QED) is 0.735. The van der Waals surface area contributed by atoms with E-state index in [9.17, 15) is 0 Å². The molecule has 1 aromatic rings. The zero-order chi connectivity index (χ0) is 14.2. The number of nitrogens with zero attached hydrogens (tertiary/aromatic N) is 3. The minimum atomic E-state index is 0.559. The molecule has 1 N–H and O–H groups in total. The lowest BCUT2D eigenvalue weighted by Crippen LogP contribution is -2.36. The van der Waals surface area contributed by atoms with E-state index in [1.165, 1.54) is 32.1 Å². The van der Waals surface area contributed by atoms with Crippen molar-refractivity contribution in [2.75, 3.05) is 31.7 Å². The smallest absolute Gasteiger partial charge is 0.318 e. The highest BCUT2D eigenvalue weighted by Gasteiger charge is 2.24. The lowest BCUT2D eigenvalue weighted by Gasteiger charge is -2.31. The maximum absolute atomic E-state index is 5.77. The monoisotopic (exact) mass is 282 g/mol. The number of anilines is 1. The van der Waals surface area contributed by atoms with Gasteiger partial charge in [-0.3, -0.25) is 0 Å². The van der Waals surface area contributed by atoms with Crippen LogP contribution in [0.1, 0.15) is 44.9 Å². The van der Waals surface area contributed by atoms with Crippen LogP contribution in [-0.4, -0.2) is 43.0 Å². The molecule has 1 aliphatic carbocycles. The Kier molecular flexibility index (Phi) is 6.26. The summed E-state index contributed by atoms with van der Waals surface area (Å²) in [4.78, 5) is 2.25. The second kappa shape index (κ2) is 8.21. The van der Waals surface area contributed by atoms with Gasteiger partial charge in [-0.2, -0.15) is 0 Å². The van der Waals surface area contributed by atoms with Gasteiger partial charge in [0, 0.05) is 26.2 Å². The first-order valence-corrected chi connectivity index (χ1v) is 7.63. The van der Waals surface area contributed by atoms with Gasteiger partial charge in [0.25, 0.3) is 0 Å². The van der Waals surface area contributed by atoms with Crippen molar-refractivity contribution in [3.05, 3.63) is 5.89 Å². The van der Waals surface area contributed by atoms with Crippen LogP contribution in [0.5, 0.6) is 0 Å². The summed E-state index contributed by atoms with van der Waals surface area (Å²) < 4.78 is 10.8. The van der Waals surface area contributed by atoms with Crippen LogP contribution in [0, 0.1) is 0 Å². The normalized spacial score (nSPS) is 16.5. The maximum atomic E-state index is 5.77. The van der Waals surface area contributed by atoms with E-state index in [0.717, 1.165) is 13.1 Å². The molecule has 0 bridgehead atoms. The largest absolute Gasteiger partial charge is 0.407 e. The van der Waals surface area contributed by atoms with E-state index >= 15 is 0 Å². The van der Waals surface area contributed by atoms with E-state index in [4.69, 9.17) is 9.15 Å². The van der Waals surface area contributed by atoms with Gasteiger partial charge in [0.15, 0.2) is 0 Å². The van der Waals surface area contributed by atoms with E-state index in [1.54, 1.807) is 7.11 Å². The summed E-state index contributed by atoms with van der Waals surface area (Å²) in [6, 6.07) is 1.23. The first-order valence-electron chi connectivity index (χ1n) is 7.63. The van der Waals surface area contributed by atoms with Crippen LogP contribution >= 0.6 is 0 Å². The lowest BCUT2D eigenvalue weighted by molar-refractivity contribution is 0.198. The van der Waals surface area contributed by atoms with Gasteiger partial charge in [0.05, 0.1) is 13.2 Å². The predicted molar refractivity (Wildman–Crippen MR) is 77.8 cm³/mol. The average molecular weight is 282 g/mol. The fourth-order valence-electron chi connectivity index (χ4n) is 2.74. The zero-order valence-corrected chi connectivity index (χ0v) is 12.6. The highest BCUT2D eigenvalue weighted by atomic mass is 16.5. The molecule has 20 heavy (non-hydrogen) atoms. The number of rotatable bonds is 8. The lowest BCUT2D eigenvalue weighted by atomic mass is 9.94. The summed E-state index contributed by atoms with van der Waals surface area (Å²) in [6.45, 7) is 5.13. The molecule has 1 aliphatic rings. The van der Waals surface area contributed by atoms with E-state index in [2.05, 4.69) is 27.3 Å². The molecule has 0 aromatic carbocycles. The van der Waals surface area contributed by atoms with Crippen molar-refractivity contribution in [2.45, 2.75) is 51.6 Å². The van der Waals surface area contributed by atoms with Crippen molar-refractivity contribution in [3.63, 3.8) is 0 Å². The Hall–Kier alpha value is -1.14. The number of aromatic nitrogens is 2. The minimum absolute atomic E-state index is 0.559. The predicted octanol–water partition coefficient (Wildman–Crippen LogP) is 1.96. The van der Waals surface area contributed by atoms with Gasteiger partial charge in [-0.05, 0) is 19.8 Å². The number of methoxy groups -OCH3 is 1. The molecule has 0 atom stereocenters. The number of ether oxygens (including phenoxy) is 1. The molecule has 0 amide bonds. The standard InChI is InChI=1S/C14H26N4O2/c1-3-18(12-7-5-4-6-8-12)14-17-16-13(20-14)11-15-9-10-19-2/h12,15H,3-11H2,1-2H3. The minimum Gasteiger partial charge on any atom is -0.407 e. The van der Waals surface area contributed by atoms with Gasteiger partial charge in [0.1, 0.15) is 0 Å². The summed E-state index contributed by atoms with van der Waals surface area (Å²) in [7, 11) is 1.69. The van der Waals surface area contributed by atoms with Crippen molar-refractivity contribution < 1.29 is 9.15 Å². The summed E-state index contributed by atoms with van der Waals surface area (Å²) in [6.07, 6.45) is 6.43. The molecule has 0 saturated heterocycles. The molecule has 6 nitrogen and oxygen atoms in total. The first kappa shape index (κ1) is 15.3. The summed E-state index contributed by atoms with van der Waals surface area (Å²) in [5.41, 5.74) is 0. The van der Waals surface area contributed by atoms with Crippen molar-refractivity contribution in [3.8, 4) is 0 Å². The van der Waals surface area contributed by atoms with E-state index in [0.29, 0.717) is 31.1 Å². The molecule has 6 heteroatoms. The molecule has 2 rings (SSSR count). The zero-order valence-electron chi connectivity index (χ0n) is 12.6. The molecule has 0 aliphatic heterocycles.